The van der Waals surface area contributed by atoms with E-state index < -0.39 is 17.8 Å². The van der Waals surface area contributed by atoms with Crippen LogP contribution in [0.25, 0.3) is 11.0 Å². The standard InChI is InChI=1S/C21H21ClF3N3O/c1-3-17(29)13-6-7-15(22)18-19(13)28-10-4-9-27(20(28)26-18)16-8-5-12(2)11-14(16)21(23,24)25/h5-8,11,17,29H,3-4,9-10H2,1-2H3. The first kappa shape index (κ1) is 20.0. The maximum absolute atomic E-state index is 13.7. The number of rotatable bonds is 3. The van der Waals surface area contributed by atoms with E-state index in [1.54, 1.807) is 30.0 Å². The fraction of sp³-hybridized carbons (Fsp3) is 0.381. The summed E-state index contributed by atoms with van der Waals surface area (Å²) in [6.45, 7) is 4.52. The molecule has 2 heterocycles. The zero-order valence-electron chi connectivity index (χ0n) is 16.1. The lowest BCUT2D eigenvalue weighted by molar-refractivity contribution is -0.137. The summed E-state index contributed by atoms with van der Waals surface area (Å²) >= 11 is 6.36. The number of hydrogen-bond donors (Lipinski definition) is 1. The van der Waals surface area contributed by atoms with Gasteiger partial charge in [-0.25, -0.2) is 4.98 Å². The SMILES string of the molecule is CCC(O)c1ccc(Cl)c2nc3n(c12)CCCN3c1ccc(C)cc1C(F)(F)F. The predicted molar refractivity (Wildman–Crippen MR) is 108 cm³/mol. The Bertz CT molecular complexity index is 1080. The van der Waals surface area contributed by atoms with Gasteiger partial charge in [0.1, 0.15) is 5.52 Å². The zero-order chi connectivity index (χ0) is 20.9. The number of halogens is 4. The second kappa shape index (κ2) is 7.22. The van der Waals surface area contributed by atoms with E-state index in [9.17, 15) is 18.3 Å². The van der Waals surface area contributed by atoms with Crippen molar-refractivity contribution in [1.82, 2.24) is 9.55 Å². The third kappa shape index (κ3) is 3.36. The van der Waals surface area contributed by atoms with E-state index in [0.717, 1.165) is 6.07 Å². The number of benzene rings is 2. The maximum atomic E-state index is 13.7. The molecule has 3 aromatic rings. The molecular formula is C21H21ClF3N3O. The van der Waals surface area contributed by atoms with Gasteiger partial charge in [-0.3, -0.25) is 0 Å². The van der Waals surface area contributed by atoms with Crippen molar-refractivity contribution in [2.24, 2.45) is 0 Å². The number of aliphatic hydroxyl groups excluding tert-OH is 1. The van der Waals surface area contributed by atoms with Crippen LogP contribution in [0.15, 0.2) is 30.3 Å². The second-order valence-electron chi connectivity index (χ2n) is 7.34. The molecule has 0 amide bonds. The molecule has 0 radical (unpaired) electrons. The van der Waals surface area contributed by atoms with Crippen molar-refractivity contribution in [3.63, 3.8) is 0 Å². The van der Waals surface area contributed by atoms with E-state index >= 15 is 0 Å². The van der Waals surface area contributed by atoms with Crippen molar-refractivity contribution in [1.29, 1.82) is 0 Å². The Hall–Kier alpha value is -2.25. The van der Waals surface area contributed by atoms with Crippen LogP contribution in [0.5, 0.6) is 0 Å². The van der Waals surface area contributed by atoms with Crippen LogP contribution in [0.1, 0.15) is 42.6 Å². The van der Waals surface area contributed by atoms with E-state index in [1.807, 2.05) is 11.5 Å². The highest BCUT2D eigenvalue weighted by atomic mass is 35.5. The lowest BCUT2D eigenvalue weighted by Crippen LogP contribution is -2.30. The quantitative estimate of drug-likeness (QED) is 0.561. The average Bonchev–Trinajstić information content (AvgIpc) is 3.08. The Morgan fingerprint density at radius 2 is 1.97 bits per heavy atom. The largest absolute Gasteiger partial charge is 0.418 e. The highest BCUT2D eigenvalue weighted by Crippen LogP contribution is 2.43. The van der Waals surface area contributed by atoms with Crippen LogP contribution in [0.2, 0.25) is 5.02 Å². The third-order valence-electron chi connectivity index (χ3n) is 5.36. The molecule has 0 spiro atoms. The number of aliphatic hydroxyl groups is 1. The van der Waals surface area contributed by atoms with Crippen LogP contribution in [-0.4, -0.2) is 21.2 Å². The summed E-state index contributed by atoms with van der Waals surface area (Å²) < 4.78 is 43.1. The van der Waals surface area contributed by atoms with Crippen LogP contribution in [0, 0.1) is 6.92 Å². The monoisotopic (exact) mass is 423 g/mol. The van der Waals surface area contributed by atoms with E-state index in [2.05, 4.69) is 4.98 Å². The van der Waals surface area contributed by atoms with Crippen molar-refractivity contribution in [2.75, 3.05) is 11.4 Å². The summed E-state index contributed by atoms with van der Waals surface area (Å²) in [5.74, 6) is 0.415. The van der Waals surface area contributed by atoms with Gasteiger partial charge in [0.05, 0.1) is 27.9 Å². The molecule has 0 saturated heterocycles. The van der Waals surface area contributed by atoms with Gasteiger partial charge in [0.25, 0.3) is 0 Å². The van der Waals surface area contributed by atoms with Crippen molar-refractivity contribution < 1.29 is 18.3 Å². The number of nitrogens with zero attached hydrogens (tertiary/aromatic N) is 3. The lowest BCUT2D eigenvalue weighted by Gasteiger charge is -2.31. The van der Waals surface area contributed by atoms with Crippen LogP contribution in [0.4, 0.5) is 24.8 Å². The molecule has 0 saturated carbocycles. The summed E-state index contributed by atoms with van der Waals surface area (Å²) in [4.78, 5) is 6.21. The van der Waals surface area contributed by atoms with Crippen molar-refractivity contribution in [3.05, 3.63) is 52.0 Å². The zero-order valence-corrected chi connectivity index (χ0v) is 16.8. The Morgan fingerprint density at radius 1 is 1.21 bits per heavy atom. The fourth-order valence-electron chi connectivity index (χ4n) is 3.96. The molecule has 4 nitrogen and oxygen atoms in total. The van der Waals surface area contributed by atoms with Gasteiger partial charge in [-0.05, 0) is 38.0 Å². The number of aromatic nitrogens is 2. The van der Waals surface area contributed by atoms with Crippen molar-refractivity contribution >= 4 is 34.3 Å². The molecule has 29 heavy (non-hydrogen) atoms. The number of alkyl halides is 3. The topological polar surface area (TPSA) is 41.3 Å². The van der Waals surface area contributed by atoms with E-state index in [-0.39, 0.29) is 5.69 Å². The molecule has 1 aromatic heterocycles. The van der Waals surface area contributed by atoms with Gasteiger partial charge in [-0.1, -0.05) is 36.2 Å². The van der Waals surface area contributed by atoms with Gasteiger partial charge in [0.2, 0.25) is 5.95 Å². The van der Waals surface area contributed by atoms with Gasteiger partial charge >= 0.3 is 6.18 Å². The molecule has 154 valence electrons. The molecule has 8 heteroatoms. The minimum absolute atomic E-state index is 0.0769. The first-order valence-electron chi connectivity index (χ1n) is 9.54. The van der Waals surface area contributed by atoms with Crippen LogP contribution in [0.3, 0.4) is 0 Å². The van der Waals surface area contributed by atoms with Crippen LogP contribution < -0.4 is 4.90 Å². The highest BCUT2D eigenvalue weighted by Gasteiger charge is 2.37. The Morgan fingerprint density at radius 3 is 2.66 bits per heavy atom. The van der Waals surface area contributed by atoms with Gasteiger partial charge in [0.15, 0.2) is 0 Å². The van der Waals surface area contributed by atoms with Crippen molar-refractivity contribution in [2.45, 2.75) is 45.5 Å². The van der Waals surface area contributed by atoms with Crippen LogP contribution >= 0.6 is 11.6 Å². The molecule has 1 aliphatic heterocycles. The number of imidazole rings is 1. The molecule has 0 fully saturated rings. The summed E-state index contributed by atoms with van der Waals surface area (Å²) in [5, 5.41) is 10.9. The molecule has 1 aliphatic rings. The molecule has 2 aromatic carbocycles. The summed E-state index contributed by atoms with van der Waals surface area (Å²) in [7, 11) is 0. The second-order valence-corrected chi connectivity index (χ2v) is 7.75. The molecule has 1 atom stereocenters. The number of hydrogen-bond acceptors (Lipinski definition) is 3. The first-order valence-corrected chi connectivity index (χ1v) is 9.92. The van der Waals surface area contributed by atoms with Crippen LogP contribution in [-0.2, 0) is 12.7 Å². The molecule has 4 rings (SSSR count). The first-order chi connectivity index (χ1) is 13.7. The summed E-state index contributed by atoms with van der Waals surface area (Å²) in [6, 6.07) is 7.77. The molecular weight excluding hydrogens is 403 g/mol. The lowest BCUT2D eigenvalue weighted by atomic mass is 10.1. The molecule has 0 bridgehead atoms. The molecule has 1 N–H and O–H groups in total. The highest BCUT2D eigenvalue weighted by molar-refractivity contribution is 6.35. The fourth-order valence-corrected chi connectivity index (χ4v) is 4.15. The van der Waals surface area contributed by atoms with Gasteiger partial charge in [0, 0.05) is 18.7 Å². The third-order valence-corrected chi connectivity index (χ3v) is 5.66. The number of anilines is 2. The minimum Gasteiger partial charge on any atom is -0.388 e. The summed E-state index contributed by atoms with van der Waals surface area (Å²) in [5.41, 5.74) is 1.81. The van der Waals surface area contributed by atoms with Gasteiger partial charge < -0.3 is 14.6 Å². The van der Waals surface area contributed by atoms with E-state index in [4.69, 9.17) is 11.6 Å². The average molecular weight is 424 g/mol. The minimum atomic E-state index is -4.48. The van der Waals surface area contributed by atoms with E-state index in [0.29, 0.717) is 59.1 Å². The molecule has 0 aliphatic carbocycles. The van der Waals surface area contributed by atoms with E-state index in [1.165, 1.54) is 6.07 Å². The summed E-state index contributed by atoms with van der Waals surface area (Å²) in [6.07, 6.45) is -4.01. The molecule has 1 unspecified atom stereocenters. The predicted octanol–water partition coefficient (Wildman–Crippen LogP) is 6.00. The normalized spacial score (nSPS) is 15.6. The number of aryl methyl sites for hydroxylation is 2. The van der Waals surface area contributed by atoms with Crippen molar-refractivity contribution in [3.8, 4) is 0 Å². The Kier molecular flexibility index (Phi) is 4.99. The smallest absolute Gasteiger partial charge is 0.388 e. The maximum Gasteiger partial charge on any atom is 0.418 e. The number of fused-ring (bicyclic) bond motifs is 3. The Balaban J connectivity index is 1.96. The van der Waals surface area contributed by atoms with Gasteiger partial charge in [-0.2, -0.15) is 13.2 Å². The Labute approximate surface area is 171 Å². The van der Waals surface area contributed by atoms with Gasteiger partial charge in [-0.15, -0.1) is 0 Å².